The summed E-state index contributed by atoms with van der Waals surface area (Å²) in [4.78, 5) is 47.9. The standard InChI is InChI=1S/C20H26F3N3O6S/c1-12(15(27)25-14(16(28)29)9-10-33-3)24-17(30)19(2,20(21,22)23)26-18(31)32-11-13-7-5-4-6-8-13/h4-8,12,14H,9-11H2,1-3H3,(H,24,30)(H,25,27)(H,26,31)(H,28,29)/t12-,14-,19?/m0/s1. The summed E-state index contributed by atoms with van der Waals surface area (Å²) in [5.41, 5.74) is -2.90. The zero-order valence-corrected chi connectivity index (χ0v) is 19.0. The van der Waals surface area contributed by atoms with E-state index in [1.54, 1.807) is 36.6 Å². The maximum Gasteiger partial charge on any atom is 0.420 e. The molecule has 0 aliphatic rings. The number of hydrogen-bond acceptors (Lipinski definition) is 6. The summed E-state index contributed by atoms with van der Waals surface area (Å²) in [6.07, 6.45) is -4.91. The number of alkyl carbamates (subject to hydrolysis) is 1. The first kappa shape index (κ1) is 28.1. The first-order valence-corrected chi connectivity index (χ1v) is 11.1. The highest BCUT2D eigenvalue weighted by molar-refractivity contribution is 7.98. The lowest BCUT2D eigenvalue weighted by atomic mass is 10.00. The van der Waals surface area contributed by atoms with E-state index in [1.165, 1.54) is 17.1 Å². The average Bonchev–Trinajstić information content (AvgIpc) is 2.74. The Hall–Kier alpha value is -2.96. The summed E-state index contributed by atoms with van der Waals surface area (Å²) >= 11 is 1.35. The van der Waals surface area contributed by atoms with Crippen molar-refractivity contribution in [2.24, 2.45) is 0 Å². The SMILES string of the molecule is CSCC[C@H](NC(=O)[C@H](C)NC(=O)C(C)(NC(=O)OCc1ccccc1)C(F)(F)F)C(=O)O. The lowest BCUT2D eigenvalue weighted by molar-refractivity contribution is -0.194. The van der Waals surface area contributed by atoms with Crippen LogP contribution in [-0.2, 0) is 25.7 Å². The van der Waals surface area contributed by atoms with Crippen molar-refractivity contribution >= 4 is 35.6 Å². The largest absolute Gasteiger partial charge is 0.480 e. The molecule has 33 heavy (non-hydrogen) atoms. The monoisotopic (exact) mass is 493 g/mol. The van der Waals surface area contributed by atoms with Crippen LogP contribution in [0.4, 0.5) is 18.0 Å². The molecule has 184 valence electrons. The molecular weight excluding hydrogens is 467 g/mol. The van der Waals surface area contributed by atoms with E-state index in [4.69, 9.17) is 9.84 Å². The fourth-order valence-electron chi connectivity index (χ4n) is 2.42. The molecule has 3 atom stereocenters. The molecule has 0 aliphatic heterocycles. The molecule has 1 aromatic rings. The minimum atomic E-state index is -5.24. The molecular formula is C20H26F3N3O6S. The van der Waals surface area contributed by atoms with Crippen LogP contribution < -0.4 is 16.0 Å². The van der Waals surface area contributed by atoms with Gasteiger partial charge in [-0.05, 0) is 37.8 Å². The normalized spacial score (nSPS) is 14.8. The molecule has 3 amide bonds. The molecule has 0 saturated heterocycles. The Kier molecular flexibility index (Phi) is 10.5. The molecule has 1 rings (SSSR count). The number of thioether (sulfide) groups is 1. The summed E-state index contributed by atoms with van der Waals surface area (Å²) in [7, 11) is 0. The maximum absolute atomic E-state index is 13.7. The number of halogens is 3. The predicted molar refractivity (Wildman–Crippen MR) is 114 cm³/mol. The van der Waals surface area contributed by atoms with Gasteiger partial charge < -0.3 is 20.5 Å². The summed E-state index contributed by atoms with van der Waals surface area (Å²) < 4.78 is 45.8. The van der Waals surface area contributed by atoms with E-state index in [-0.39, 0.29) is 13.0 Å². The molecule has 4 N–H and O–H groups in total. The Labute approximate surface area is 192 Å². The second kappa shape index (κ2) is 12.3. The minimum Gasteiger partial charge on any atom is -0.480 e. The topological polar surface area (TPSA) is 134 Å². The third kappa shape index (κ3) is 8.48. The fourth-order valence-corrected chi connectivity index (χ4v) is 2.89. The van der Waals surface area contributed by atoms with Gasteiger partial charge in [0, 0.05) is 0 Å². The van der Waals surface area contributed by atoms with Crippen LogP contribution in [0.1, 0.15) is 25.8 Å². The van der Waals surface area contributed by atoms with Gasteiger partial charge in [0.25, 0.3) is 5.91 Å². The van der Waals surface area contributed by atoms with Gasteiger partial charge in [-0.3, -0.25) is 14.9 Å². The number of carbonyl (C=O) groups is 4. The van der Waals surface area contributed by atoms with Crippen molar-refractivity contribution in [2.45, 2.75) is 50.7 Å². The van der Waals surface area contributed by atoms with Crippen molar-refractivity contribution < 1.29 is 42.2 Å². The van der Waals surface area contributed by atoms with Crippen LogP contribution in [0.25, 0.3) is 0 Å². The smallest absolute Gasteiger partial charge is 0.420 e. The van der Waals surface area contributed by atoms with Crippen LogP contribution in [0.5, 0.6) is 0 Å². The van der Waals surface area contributed by atoms with Gasteiger partial charge in [-0.1, -0.05) is 30.3 Å². The number of benzene rings is 1. The quantitative estimate of drug-likeness (QED) is 0.371. The van der Waals surface area contributed by atoms with E-state index in [0.717, 1.165) is 6.92 Å². The second-order valence-electron chi connectivity index (χ2n) is 7.19. The Morgan fingerprint density at radius 3 is 2.24 bits per heavy atom. The van der Waals surface area contributed by atoms with Crippen LogP contribution in [0, 0.1) is 0 Å². The summed E-state index contributed by atoms with van der Waals surface area (Å²) in [5, 5.41) is 14.7. The second-order valence-corrected chi connectivity index (χ2v) is 8.17. The van der Waals surface area contributed by atoms with Crippen LogP contribution >= 0.6 is 11.8 Å². The number of ether oxygens (including phenoxy) is 1. The molecule has 13 heteroatoms. The van der Waals surface area contributed by atoms with Gasteiger partial charge in [-0.2, -0.15) is 24.9 Å². The predicted octanol–water partition coefficient (Wildman–Crippen LogP) is 2.06. The Bertz CT molecular complexity index is 840. The highest BCUT2D eigenvalue weighted by Crippen LogP contribution is 2.30. The van der Waals surface area contributed by atoms with Gasteiger partial charge in [0.15, 0.2) is 0 Å². The van der Waals surface area contributed by atoms with Crippen molar-refractivity contribution in [3.05, 3.63) is 35.9 Å². The Morgan fingerprint density at radius 1 is 1.12 bits per heavy atom. The number of nitrogens with one attached hydrogen (secondary N) is 3. The van der Waals surface area contributed by atoms with Crippen molar-refractivity contribution in [2.75, 3.05) is 12.0 Å². The van der Waals surface area contributed by atoms with Gasteiger partial charge in [0.1, 0.15) is 18.7 Å². The van der Waals surface area contributed by atoms with E-state index in [9.17, 15) is 32.3 Å². The van der Waals surface area contributed by atoms with Crippen molar-refractivity contribution in [3.8, 4) is 0 Å². The average molecular weight is 494 g/mol. The summed E-state index contributed by atoms with van der Waals surface area (Å²) in [6, 6.07) is 5.38. The Balaban J connectivity index is 2.83. The number of aliphatic carboxylic acids is 1. The molecule has 0 aromatic heterocycles. The highest BCUT2D eigenvalue weighted by Gasteiger charge is 2.58. The van der Waals surface area contributed by atoms with E-state index in [0.29, 0.717) is 18.2 Å². The lowest BCUT2D eigenvalue weighted by Gasteiger charge is -2.32. The molecule has 1 aromatic carbocycles. The van der Waals surface area contributed by atoms with Gasteiger partial charge in [-0.15, -0.1) is 0 Å². The highest BCUT2D eigenvalue weighted by atomic mass is 32.2. The van der Waals surface area contributed by atoms with Crippen LogP contribution in [0.15, 0.2) is 30.3 Å². The zero-order valence-electron chi connectivity index (χ0n) is 18.2. The van der Waals surface area contributed by atoms with Crippen LogP contribution in [-0.4, -0.2) is 64.8 Å². The number of carboxylic acid groups (broad SMARTS) is 1. The molecule has 9 nitrogen and oxygen atoms in total. The molecule has 0 saturated carbocycles. The van der Waals surface area contributed by atoms with Gasteiger partial charge >= 0.3 is 18.2 Å². The third-order valence-electron chi connectivity index (χ3n) is 4.55. The number of alkyl halides is 3. The zero-order chi connectivity index (χ0) is 25.2. The molecule has 0 fully saturated rings. The first-order valence-electron chi connectivity index (χ1n) is 9.70. The third-order valence-corrected chi connectivity index (χ3v) is 5.20. The van der Waals surface area contributed by atoms with Gasteiger partial charge in [0.05, 0.1) is 0 Å². The van der Waals surface area contributed by atoms with E-state index >= 15 is 0 Å². The number of hydrogen-bond donors (Lipinski definition) is 4. The number of carboxylic acids is 1. The van der Waals surface area contributed by atoms with E-state index < -0.39 is 47.7 Å². The number of amides is 3. The first-order chi connectivity index (χ1) is 15.3. The molecule has 0 radical (unpaired) electrons. The molecule has 0 aliphatic carbocycles. The van der Waals surface area contributed by atoms with Crippen molar-refractivity contribution in [1.29, 1.82) is 0 Å². The molecule has 0 bridgehead atoms. The van der Waals surface area contributed by atoms with E-state index in [1.807, 2.05) is 5.32 Å². The molecule has 0 heterocycles. The van der Waals surface area contributed by atoms with Crippen LogP contribution in [0.3, 0.4) is 0 Å². The van der Waals surface area contributed by atoms with Crippen LogP contribution in [0.2, 0.25) is 0 Å². The van der Waals surface area contributed by atoms with Gasteiger partial charge in [0.2, 0.25) is 11.4 Å². The lowest BCUT2D eigenvalue weighted by Crippen LogP contribution is -2.67. The minimum absolute atomic E-state index is 0.0813. The summed E-state index contributed by atoms with van der Waals surface area (Å²) in [6.45, 7) is 1.19. The summed E-state index contributed by atoms with van der Waals surface area (Å²) in [5.74, 6) is -3.61. The molecule has 0 spiro atoms. The maximum atomic E-state index is 13.7. The number of rotatable bonds is 11. The fraction of sp³-hybridized carbons (Fsp3) is 0.500. The Morgan fingerprint density at radius 2 is 1.73 bits per heavy atom. The molecule has 1 unspecified atom stereocenters. The van der Waals surface area contributed by atoms with Crippen molar-refractivity contribution in [1.82, 2.24) is 16.0 Å². The van der Waals surface area contributed by atoms with Gasteiger partial charge in [-0.25, -0.2) is 9.59 Å². The number of carbonyl (C=O) groups excluding carboxylic acids is 3. The van der Waals surface area contributed by atoms with Crippen molar-refractivity contribution in [3.63, 3.8) is 0 Å². The van der Waals surface area contributed by atoms with E-state index in [2.05, 4.69) is 5.32 Å².